The van der Waals surface area contributed by atoms with Crippen molar-refractivity contribution in [1.82, 2.24) is 0 Å². The van der Waals surface area contributed by atoms with E-state index in [9.17, 15) is 0 Å². The average Bonchev–Trinajstić information content (AvgIpc) is 1.35. The van der Waals surface area contributed by atoms with E-state index in [4.69, 9.17) is 4.43 Å². The smallest absolute Gasteiger partial charge is 0.140 e. The molecule has 0 N–H and O–H groups in total. The van der Waals surface area contributed by atoms with Crippen LogP contribution in [-0.2, 0) is 4.43 Å². The van der Waals surface area contributed by atoms with Crippen LogP contribution in [0.3, 0.4) is 0 Å². The standard InChI is InChI=1S/C3H12OSi2/c1-3(2)4-6-5/h3H,6H2,1-2,5H3. The van der Waals surface area contributed by atoms with Gasteiger partial charge in [-0.15, -0.1) is 0 Å². The molecular formula is C3H12OSi2. The summed E-state index contributed by atoms with van der Waals surface area (Å²) in [7, 11) is 1.31. The van der Waals surface area contributed by atoms with E-state index >= 15 is 0 Å². The molecule has 0 aromatic carbocycles. The molecule has 1 nitrogen and oxygen atoms in total. The molecular weight excluding hydrogens is 108 g/mol. The van der Waals surface area contributed by atoms with Crippen molar-refractivity contribution in [2.75, 3.05) is 0 Å². The SMILES string of the molecule is CC(C)O[SiH2][SiH3]. The van der Waals surface area contributed by atoms with Gasteiger partial charge in [-0.1, -0.05) is 0 Å². The first-order chi connectivity index (χ1) is 2.77. The summed E-state index contributed by atoms with van der Waals surface area (Å²) in [6.45, 7) is 4.18. The van der Waals surface area contributed by atoms with Crippen LogP contribution in [-0.4, -0.2) is 25.1 Å². The minimum absolute atomic E-state index is 0.00540. The van der Waals surface area contributed by atoms with Crippen LogP contribution in [0.25, 0.3) is 0 Å². The van der Waals surface area contributed by atoms with E-state index in [0.717, 1.165) is 0 Å². The third-order valence-electron chi connectivity index (χ3n) is 0.500. The van der Waals surface area contributed by atoms with Crippen LogP contribution in [0.1, 0.15) is 13.8 Å². The Balaban J connectivity index is 2.63. The quantitative estimate of drug-likeness (QED) is 0.415. The van der Waals surface area contributed by atoms with E-state index < -0.39 is 0 Å². The molecule has 0 bridgehead atoms. The highest BCUT2D eigenvalue weighted by molar-refractivity contribution is 6.85. The van der Waals surface area contributed by atoms with Gasteiger partial charge in [-0.25, -0.2) is 0 Å². The summed E-state index contributed by atoms with van der Waals surface area (Å²) in [5, 5.41) is 0. The normalized spacial score (nSPS) is 12.5. The number of rotatable bonds is 2. The Morgan fingerprint density at radius 2 is 2.17 bits per heavy atom. The molecule has 38 valence electrons. The van der Waals surface area contributed by atoms with Crippen LogP contribution >= 0.6 is 0 Å². The van der Waals surface area contributed by atoms with Gasteiger partial charge in [0.1, 0.15) is 9.28 Å². The van der Waals surface area contributed by atoms with Crippen LogP contribution in [0.4, 0.5) is 0 Å². The van der Waals surface area contributed by atoms with Gasteiger partial charge < -0.3 is 4.43 Å². The lowest BCUT2D eigenvalue weighted by Gasteiger charge is -2.00. The van der Waals surface area contributed by atoms with Crippen molar-refractivity contribution in [1.29, 1.82) is 0 Å². The zero-order valence-electron chi connectivity index (χ0n) is 4.69. The Morgan fingerprint density at radius 3 is 2.17 bits per heavy atom. The van der Waals surface area contributed by atoms with Crippen molar-refractivity contribution in [3.05, 3.63) is 0 Å². The average molecular weight is 120 g/mol. The maximum absolute atomic E-state index is 5.24. The molecule has 0 atom stereocenters. The molecule has 0 saturated carbocycles. The van der Waals surface area contributed by atoms with Gasteiger partial charge in [0.25, 0.3) is 0 Å². The molecule has 6 heavy (non-hydrogen) atoms. The first-order valence-electron chi connectivity index (χ1n) is 2.39. The summed E-state index contributed by atoms with van der Waals surface area (Å²) < 4.78 is 5.24. The van der Waals surface area contributed by atoms with Crippen LogP contribution in [0, 0.1) is 0 Å². The highest BCUT2D eigenvalue weighted by atomic mass is 29.1. The third-order valence-corrected chi connectivity index (χ3v) is 2.50. The van der Waals surface area contributed by atoms with Gasteiger partial charge in [-0.2, -0.15) is 0 Å². The van der Waals surface area contributed by atoms with E-state index in [1.165, 1.54) is 9.76 Å². The molecule has 0 rings (SSSR count). The topological polar surface area (TPSA) is 9.23 Å². The first-order valence-corrected chi connectivity index (χ1v) is 8.62. The lowest BCUT2D eigenvalue weighted by Crippen LogP contribution is -2.06. The lowest BCUT2D eigenvalue weighted by molar-refractivity contribution is 0.263. The van der Waals surface area contributed by atoms with Crippen LogP contribution in [0.2, 0.25) is 0 Å². The fourth-order valence-corrected chi connectivity index (χ4v) is 3.00. The van der Waals surface area contributed by atoms with Gasteiger partial charge in [0, 0.05) is 15.9 Å². The third kappa shape index (κ3) is 4.39. The molecule has 0 aliphatic rings. The van der Waals surface area contributed by atoms with E-state index in [-0.39, 0.29) is 9.28 Å². The molecule has 0 unspecified atom stereocenters. The molecule has 0 saturated heterocycles. The molecule has 0 heterocycles. The van der Waals surface area contributed by atoms with Crippen LogP contribution in [0.15, 0.2) is 0 Å². The fourth-order valence-electron chi connectivity index (χ4n) is 0.333. The molecule has 0 spiro atoms. The van der Waals surface area contributed by atoms with Crippen molar-refractivity contribution in [2.24, 2.45) is 0 Å². The van der Waals surface area contributed by atoms with E-state index in [1.807, 2.05) is 0 Å². The van der Waals surface area contributed by atoms with E-state index in [2.05, 4.69) is 13.8 Å². The molecule has 0 aliphatic heterocycles. The summed E-state index contributed by atoms with van der Waals surface area (Å²) in [6, 6.07) is 0. The van der Waals surface area contributed by atoms with Crippen molar-refractivity contribution >= 4 is 19.0 Å². The van der Waals surface area contributed by atoms with Gasteiger partial charge in [0.05, 0.1) is 0 Å². The molecule has 0 fully saturated rings. The van der Waals surface area contributed by atoms with Gasteiger partial charge in [-0.05, 0) is 13.8 Å². The van der Waals surface area contributed by atoms with Crippen molar-refractivity contribution in [2.45, 2.75) is 20.0 Å². The largest absolute Gasteiger partial charge is 0.426 e. The maximum atomic E-state index is 5.24. The predicted molar refractivity (Wildman–Crippen MR) is 34.7 cm³/mol. The molecule has 3 heteroatoms. The van der Waals surface area contributed by atoms with E-state index in [1.54, 1.807) is 0 Å². The molecule has 0 aliphatic carbocycles. The molecule has 0 radical (unpaired) electrons. The summed E-state index contributed by atoms with van der Waals surface area (Å²) in [5.41, 5.74) is 0. The van der Waals surface area contributed by atoms with Crippen molar-refractivity contribution < 1.29 is 4.43 Å². The summed E-state index contributed by atoms with van der Waals surface area (Å²) in [5.74, 6) is 0. The zero-order valence-corrected chi connectivity index (χ0v) is 8.11. The highest BCUT2D eigenvalue weighted by Crippen LogP contribution is 1.79. The second-order valence-electron chi connectivity index (χ2n) is 1.50. The Labute approximate surface area is 44.2 Å². The minimum Gasteiger partial charge on any atom is -0.426 e. The second kappa shape index (κ2) is 3.58. The predicted octanol–water partition coefficient (Wildman–Crippen LogP) is -1.22. The fraction of sp³-hybridized carbons (Fsp3) is 1.00. The molecule has 0 aromatic heterocycles. The number of hydrogen-bond acceptors (Lipinski definition) is 1. The first kappa shape index (κ1) is 6.39. The summed E-state index contributed by atoms with van der Waals surface area (Å²) in [4.78, 5) is 0. The summed E-state index contributed by atoms with van der Waals surface area (Å²) in [6.07, 6.45) is 0.495. The zero-order chi connectivity index (χ0) is 4.99. The second-order valence-corrected chi connectivity index (χ2v) is 4.15. The van der Waals surface area contributed by atoms with Crippen LogP contribution in [0.5, 0.6) is 0 Å². The highest BCUT2D eigenvalue weighted by Gasteiger charge is 1.83. The Morgan fingerprint density at radius 1 is 1.67 bits per heavy atom. The Bertz CT molecular complexity index is 30.0. The van der Waals surface area contributed by atoms with Gasteiger partial charge in [0.2, 0.25) is 0 Å². The lowest BCUT2D eigenvalue weighted by atomic mass is 10.5. The number of hydrogen-bond donors (Lipinski definition) is 0. The Kier molecular flexibility index (Phi) is 3.81. The monoisotopic (exact) mass is 120 g/mol. The molecule has 0 aromatic rings. The van der Waals surface area contributed by atoms with E-state index in [0.29, 0.717) is 6.10 Å². The minimum atomic E-state index is 0.00540. The van der Waals surface area contributed by atoms with Gasteiger partial charge in [0.15, 0.2) is 0 Å². The van der Waals surface area contributed by atoms with Crippen molar-refractivity contribution in [3.8, 4) is 0 Å². The molecule has 0 amide bonds. The van der Waals surface area contributed by atoms with Crippen molar-refractivity contribution in [3.63, 3.8) is 0 Å². The van der Waals surface area contributed by atoms with Gasteiger partial charge >= 0.3 is 0 Å². The maximum Gasteiger partial charge on any atom is 0.140 e. The summed E-state index contributed by atoms with van der Waals surface area (Å²) >= 11 is 0. The Hall–Kier alpha value is 0.394. The van der Waals surface area contributed by atoms with Gasteiger partial charge in [-0.3, -0.25) is 0 Å². The van der Waals surface area contributed by atoms with Crippen LogP contribution < -0.4 is 0 Å².